The molecule has 0 aliphatic rings. The third-order valence-electron chi connectivity index (χ3n) is 2.75. The number of hydrogen-bond donors (Lipinski definition) is 1. The molecule has 2 rings (SSSR count). The molecule has 0 aromatic carbocycles. The van der Waals surface area contributed by atoms with Gasteiger partial charge in [-0.3, -0.25) is 4.79 Å². The molecule has 0 radical (unpaired) electrons. The molecule has 1 amide bonds. The summed E-state index contributed by atoms with van der Waals surface area (Å²) in [4.78, 5) is 17.0. The monoisotopic (exact) mass is 271 g/mol. The molecule has 2 aromatic heterocycles. The van der Waals surface area contributed by atoms with Crippen molar-refractivity contribution >= 4 is 17.2 Å². The van der Waals surface area contributed by atoms with E-state index < -0.39 is 0 Å². The zero-order valence-electron chi connectivity index (χ0n) is 10.5. The molecule has 0 unspecified atom stereocenters. The zero-order chi connectivity index (χ0) is 13.7. The molecule has 5 heteroatoms. The van der Waals surface area contributed by atoms with Crippen LogP contribution >= 0.6 is 11.3 Å². The number of aryl methyl sites for hydroxylation is 1. The van der Waals surface area contributed by atoms with Crippen LogP contribution in [0.4, 0.5) is 0 Å². The molecular formula is C14H13N3OS. The van der Waals surface area contributed by atoms with Crippen LogP contribution < -0.4 is 5.32 Å². The van der Waals surface area contributed by atoms with Crippen molar-refractivity contribution in [3.8, 4) is 6.07 Å². The van der Waals surface area contributed by atoms with Gasteiger partial charge >= 0.3 is 0 Å². The highest BCUT2D eigenvalue weighted by molar-refractivity contribution is 7.10. The van der Waals surface area contributed by atoms with Crippen LogP contribution in [0.2, 0.25) is 0 Å². The molecule has 0 saturated carbocycles. The van der Waals surface area contributed by atoms with Crippen molar-refractivity contribution in [1.29, 1.82) is 5.26 Å². The Morgan fingerprint density at radius 3 is 2.95 bits per heavy atom. The maximum absolute atomic E-state index is 11.9. The van der Waals surface area contributed by atoms with Crippen LogP contribution in [0.15, 0.2) is 29.8 Å². The Hall–Kier alpha value is -2.19. The Morgan fingerprint density at radius 2 is 2.32 bits per heavy atom. The molecule has 1 N–H and O–H groups in total. The number of amides is 1. The maximum Gasteiger partial charge on any atom is 0.270 e. The number of nitrogens with one attached hydrogen (secondary N) is 1. The minimum atomic E-state index is -0.222. The van der Waals surface area contributed by atoms with Gasteiger partial charge in [-0.25, -0.2) is 4.98 Å². The van der Waals surface area contributed by atoms with E-state index in [2.05, 4.69) is 23.3 Å². The van der Waals surface area contributed by atoms with Gasteiger partial charge in [0, 0.05) is 11.1 Å². The van der Waals surface area contributed by atoms with E-state index in [-0.39, 0.29) is 5.91 Å². The molecule has 0 atom stereocenters. The lowest BCUT2D eigenvalue weighted by molar-refractivity contribution is 0.0946. The van der Waals surface area contributed by atoms with E-state index in [1.165, 1.54) is 16.6 Å². The van der Waals surface area contributed by atoms with E-state index in [4.69, 9.17) is 5.26 Å². The number of carbonyl (C=O) groups is 1. The highest BCUT2D eigenvalue weighted by Crippen LogP contribution is 2.17. The largest absolute Gasteiger partial charge is 0.346 e. The van der Waals surface area contributed by atoms with E-state index in [1.54, 1.807) is 23.5 Å². The van der Waals surface area contributed by atoms with Crippen LogP contribution in [0, 0.1) is 11.3 Å². The van der Waals surface area contributed by atoms with Crippen molar-refractivity contribution in [3.63, 3.8) is 0 Å². The van der Waals surface area contributed by atoms with Crippen LogP contribution in [-0.4, -0.2) is 10.9 Å². The third-order valence-corrected chi connectivity index (χ3v) is 3.72. The molecule has 0 saturated heterocycles. The van der Waals surface area contributed by atoms with Crippen molar-refractivity contribution in [3.05, 3.63) is 51.5 Å². The summed E-state index contributed by atoms with van der Waals surface area (Å²) in [7, 11) is 0. The summed E-state index contributed by atoms with van der Waals surface area (Å²) in [5, 5.41) is 13.5. The lowest BCUT2D eigenvalue weighted by atomic mass is 10.2. The number of aromatic nitrogens is 1. The summed E-state index contributed by atoms with van der Waals surface area (Å²) in [6.45, 7) is 2.61. The first-order chi connectivity index (χ1) is 9.24. The predicted octanol–water partition coefficient (Wildman–Crippen LogP) is 2.51. The summed E-state index contributed by atoms with van der Waals surface area (Å²) < 4.78 is 0. The number of nitrogens with zero attached hydrogens (tertiary/aromatic N) is 2. The number of thiophene rings is 1. The first-order valence-electron chi connectivity index (χ1n) is 5.94. The van der Waals surface area contributed by atoms with E-state index in [0.29, 0.717) is 17.8 Å². The van der Waals surface area contributed by atoms with Gasteiger partial charge in [0.2, 0.25) is 0 Å². The molecule has 0 bridgehead atoms. The summed E-state index contributed by atoms with van der Waals surface area (Å²) in [6, 6.07) is 7.19. The average Bonchev–Trinajstić information content (AvgIpc) is 2.92. The second-order valence-corrected chi connectivity index (χ2v) is 4.95. The number of pyridine rings is 1. The molecule has 2 heterocycles. The maximum atomic E-state index is 11.9. The zero-order valence-corrected chi connectivity index (χ0v) is 11.3. The normalized spacial score (nSPS) is 9.89. The standard InChI is InChI=1S/C14H13N3OS/c1-2-11-5-6-19-13(11)9-17-14(18)12-4-3-10(7-15)8-16-12/h3-6,8H,2,9H2,1H3,(H,17,18). The minimum absolute atomic E-state index is 0.222. The predicted molar refractivity (Wildman–Crippen MR) is 73.8 cm³/mol. The van der Waals surface area contributed by atoms with Crippen molar-refractivity contribution in [2.45, 2.75) is 19.9 Å². The first-order valence-corrected chi connectivity index (χ1v) is 6.82. The Labute approximate surface area is 115 Å². The molecule has 2 aromatic rings. The van der Waals surface area contributed by atoms with Crippen LogP contribution in [0.25, 0.3) is 0 Å². The average molecular weight is 271 g/mol. The molecular weight excluding hydrogens is 258 g/mol. The van der Waals surface area contributed by atoms with E-state index in [9.17, 15) is 4.79 Å². The molecule has 0 fully saturated rings. The second kappa shape index (κ2) is 6.12. The highest BCUT2D eigenvalue weighted by atomic mass is 32.1. The van der Waals surface area contributed by atoms with Gasteiger partial charge in [0.1, 0.15) is 11.8 Å². The highest BCUT2D eigenvalue weighted by Gasteiger charge is 2.08. The smallest absolute Gasteiger partial charge is 0.270 e. The number of carbonyl (C=O) groups excluding carboxylic acids is 1. The van der Waals surface area contributed by atoms with Gasteiger partial charge in [-0.1, -0.05) is 6.92 Å². The topological polar surface area (TPSA) is 65.8 Å². The molecule has 0 aliphatic carbocycles. The number of rotatable bonds is 4. The van der Waals surface area contributed by atoms with Gasteiger partial charge in [0.15, 0.2) is 0 Å². The van der Waals surface area contributed by atoms with Gasteiger partial charge in [-0.2, -0.15) is 5.26 Å². The Morgan fingerprint density at radius 1 is 1.47 bits per heavy atom. The van der Waals surface area contributed by atoms with E-state index in [1.807, 2.05) is 11.4 Å². The molecule has 19 heavy (non-hydrogen) atoms. The van der Waals surface area contributed by atoms with Gasteiger partial charge in [0.05, 0.1) is 12.1 Å². The summed E-state index contributed by atoms with van der Waals surface area (Å²) in [5.41, 5.74) is 2.04. The van der Waals surface area contributed by atoms with Crippen molar-refractivity contribution < 1.29 is 4.79 Å². The Balaban J connectivity index is 1.99. The van der Waals surface area contributed by atoms with Crippen LogP contribution in [0.3, 0.4) is 0 Å². The molecule has 96 valence electrons. The third kappa shape index (κ3) is 3.18. The molecule has 0 aliphatic heterocycles. The number of hydrogen-bond acceptors (Lipinski definition) is 4. The number of nitriles is 1. The van der Waals surface area contributed by atoms with Crippen LogP contribution in [0.1, 0.15) is 33.4 Å². The summed E-state index contributed by atoms with van der Waals surface area (Å²) in [6.07, 6.45) is 2.36. The van der Waals surface area contributed by atoms with Gasteiger partial charge in [-0.05, 0) is 35.6 Å². The summed E-state index contributed by atoms with van der Waals surface area (Å²) in [5.74, 6) is -0.222. The Kier molecular flexibility index (Phi) is 4.26. The fourth-order valence-corrected chi connectivity index (χ4v) is 2.60. The van der Waals surface area contributed by atoms with Crippen molar-refractivity contribution in [2.24, 2.45) is 0 Å². The van der Waals surface area contributed by atoms with Gasteiger partial charge in [-0.15, -0.1) is 11.3 Å². The van der Waals surface area contributed by atoms with Crippen LogP contribution in [0.5, 0.6) is 0 Å². The minimum Gasteiger partial charge on any atom is -0.346 e. The van der Waals surface area contributed by atoms with Gasteiger partial charge in [0.25, 0.3) is 5.91 Å². The summed E-state index contributed by atoms with van der Waals surface area (Å²) >= 11 is 1.64. The molecule has 4 nitrogen and oxygen atoms in total. The SMILES string of the molecule is CCc1ccsc1CNC(=O)c1ccc(C#N)cn1. The fraction of sp³-hybridized carbons (Fsp3) is 0.214. The van der Waals surface area contributed by atoms with Crippen molar-refractivity contribution in [1.82, 2.24) is 10.3 Å². The van der Waals surface area contributed by atoms with Crippen LogP contribution in [-0.2, 0) is 13.0 Å². The van der Waals surface area contributed by atoms with E-state index >= 15 is 0 Å². The first kappa shape index (κ1) is 13.2. The lowest BCUT2D eigenvalue weighted by Gasteiger charge is -2.05. The Bertz CT molecular complexity index is 610. The van der Waals surface area contributed by atoms with Crippen molar-refractivity contribution in [2.75, 3.05) is 0 Å². The fourth-order valence-electron chi connectivity index (χ4n) is 1.68. The quantitative estimate of drug-likeness (QED) is 0.929. The van der Waals surface area contributed by atoms with E-state index in [0.717, 1.165) is 6.42 Å². The second-order valence-electron chi connectivity index (χ2n) is 3.95. The lowest BCUT2D eigenvalue weighted by Crippen LogP contribution is -2.23. The molecule has 0 spiro atoms. The van der Waals surface area contributed by atoms with Gasteiger partial charge < -0.3 is 5.32 Å².